The number of rotatable bonds is 3. The molecule has 0 bridgehead atoms. The lowest BCUT2D eigenvalue weighted by Gasteiger charge is -2.30. The van der Waals surface area contributed by atoms with Gasteiger partial charge in [-0.3, -0.25) is 4.79 Å². The summed E-state index contributed by atoms with van der Waals surface area (Å²) in [4.78, 5) is 17.4. The molecule has 8 heteroatoms. The second kappa shape index (κ2) is 6.12. The SMILES string of the molecule is NC1COCCC1Nc1nc(-c2cccs2)c2c(c1F)CNC2=O. The van der Waals surface area contributed by atoms with Crippen LogP contribution in [0.25, 0.3) is 10.6 Å². The van der Waals surface area contributed by atoms with E-state index in [-0.39, 0.29) is 30.4 Å². The van der Waals surface area contributed by atoms with Crippen molar-refractivity contribution >= 4 is 23.1 Å². The molecule has 2 aromatic heterocycles. The number of nitrogens with zero attached hydrogens (tertiary/aromatic N) is 1. The number of amides is 1. The first-order valence-electron chi connectivity index (χ1n) is 7.79. The maximum absolute atomic E-state index is 14.9. The summed E-state index contributed by atoms with van der Waals surface area (Å²) >= 11 is 1.47. The lowest BCUT2D eigenvalue weighted by Crippen LogP contribution is -2.47. The minimum absolute atomic E-state index is 0.111. The molecule has 0 spiro atoms. The normalized spacial score (nSPS) is 23.0. The van der Waals surface area contributed by atoms with Gasteiger partial charge in [0.1, 0.15) is 0 Å². The van der Waals surface area contributed by atoms with Gasteiger partial charge in [-0.2, -0.15) is 0 Å². The predicted molar refractivity (Wildman–Crippen MR) is 89.5 cm³/mol. The van der Waals surface area contributed by atoms with Crippen LogP contribution in [-0.4, -0.2) is 36.2 Å². The van der Waals surface area contributed by atoms with E-state index in [4.69, 9.17) is 10.5 Å². The predicted octanol–water partition coefficient (Wildman–Crippen LogP) is 1.72. The van der Waals surface area contributed by atoms with Gasteiger partial charge in [0.15, 0.2) is 11.6 Å². The first-order chi connectivity index (χ1) is 11.6. The second-order valence-corrected chi connectivity index (χ2v) is 6.86. The average Bonchev–Trinajstić information content (AvgIpc) is 3.23. The highest BCUT2D eigenvalue weighted by molar-refractivity contribution is 7.13. The van der Waals surface area contributed by atoms with Crippen molar-refractivity contribution in [1.29, 1.82) is 0 Å². The van der Waals surface area contributed by atoms with Gasteiger partial charge in [0.05, 0.1) is 22.7 Å². The maximum atomic E-state index is 14.9. The van der Waals surface area contributed by atoms with Crippen molar-refractivity contribution in [3.63, 3.8) is 0 Å². The van der Waals surface area contributed by atoms with Crippen LogP contribution >= 0.6 is 11.3 Å². The quantitative estimate of drug-likeness (QED) is 0.786. The summed E-state index contributed by atoms with van der Waals surface area (Å²) in [6, 6.07) is 3.42. The zero-order valence-corrected chi connectivity index (χ0v) is 13.7. The molecule has 6 nitrogen and oxygen atoms in total. The van der Waals surface area contributed by atoms with Crippen molar-refractivity contribution in [2.75, 3.05) is 18.5 Å². The van der Waals surface area contributed by atoms with Crippen molar-refractivity contribution in [3.8, 4) is 10.6 Å². The van der Waals surface area contributed by atoms with E-state index in [1.807, 2.05) is 17.5 Å². The molecule has 2 aliphatic heterocycles. The monoisotopic (exact) mass is 348 g/mol. The highest BCUT2D eigenvalue weighted by atomic mass is 32.1. The van der Waals surface area contributed by atoms with Crippen LogP contribution in [0.4, 0.5) is 10.2 Å². The molecule has 0 aliphatic carbocycles. The fraction of sp³-hybridized carbons (Fsp3) is 0.375. The summed E-state index contributed by atoms with van der Waals surface area (Å²) in [5.74, 6) is -0.618. The molecule has 24 heavy (non-hydrogen) atoms. The van der Waals surface area contributed by atoms with Crippen LogP contribution in [0.1, 0.15) is 22.3 Å². The van der Waals surface area contributed by atoms with Crippen molar-refractivity contribution in [3.05, 3.63) is 34.5 Å². The molecule has 2 aliphatic rings. The molecule has 1 fully saturated rings. The summed E-state index contributed by atoms with van der Waals surface area (Å²) in [6.45, 7) is 1.19. The molecular weight excluding hydrogens is 331 g/mol. The summed E-state index contributed by atoms with van der Waals surface area (Å²) < 4.78 is 20.2. The molecular formula is C16H17FN4O2S. The number of aromatic nitrogens is 1. The van der Waals surface area contributed by atoms with Crippen LogP contribution in [0.3, 0.4) is 0 Å². The Morgan fingerprint density at radius 3 is 3.12 bits per heavy atom. The Morgan fingerprint density at radius 2 is 2.38 bits per heavy atom. The molecule has 2 aromatic rings. The number of carbonyl (C=O) groups is 1. The summed E-state index contributed by atoms with van der Waals surface area (Å²) in [5, 5.41) is 7.71. The molecule has 4 heterocycles. The van der Waals surface area contributed by atoms with E-state index in [1.54, 1.807) is 0 Å². The van der Waals surface area contributed by atoms with Crippen LogP contribution in [0, 0.1) is 5.82 Å². The molecule has 0 aromatic carbocycles. The number of fused-ring (bicyclic) bond motifs is 1. The van der Waals surface area contributed by atoms with Gasteiger partial charge in [0, 0.05) is 30.8 Å². The number of carbonyl (C=O) groups excluding carboxylic acids is 1. The third kappa shape index (κ3) is 2.56. The fourth-order valence-electron chi connectivity index (χ4n) is 3.08. The zero-order valence-electron chi connectivity index (χ0n) is 12.8. The molecule has 1 saturated heterocycles. The molecule has 4 N–H and O–H groups in total. The van der Waals surface area contributed by atoms with E-state index >= 15 is 0 Å². The topological polar surface area (TPSA) is 89.3 Å². The van der Waals surface area contributed by atoms with Gasteiger partial charge >= 0.3 is 0 Å². The molecule has 0 saturated carbocycles. The van der Waals surface area contributed by atoms with Crippen LogP contribution in [-0.2, 0) is 11.3 Å². The van der Waals surface area contributed by atoms with E-state index in [9.17, 15) is 9.18 Å². The van der Waals surface area contributed by atoms with Crippen LogP contribution < -0.4 is 16.4 Å². The Bertz CT molecular complexity index is 781. The number of pyridine rings is 1. The van der Waals surface area contributed by atoms with Crippen molar-refractivity contribution < 1.29 is 13.9 Å². The van der Waals surface area contributed by atoms with Gasteiger partial charge in [-0.05, 0) is 17.9 Å². The third-order valence-corrected chi connectivity index (χ3v) is 5.24. The van der Waals surface area contributed by atoms with Crippen LogP contribution in [0.2, 0.25) is 0 Å². The summed E-state index contributed by atoms with van der Waals surface area (Å²) in [7, 11) is 0. The van der Waals surface area contributed by atoms with Gasteiger partial charge in [0.25, 0.3) is 5.91 Å². The molecule has 2 atom stereocenters. The lowest BCUT2D eigenvalue weighted by atomic mass is 10.0. The van der Waals surface area contributed by atoms with E-state index < -0.39 is 5.82 Å². The van der Waals surface area contributed by atoms with E-state index in [2.05, 4.69) is 15.6 Å². The van der Waals surface area contributed by atoms with Gasteiger partial charge < -0.3 is 21.1 Å². The third-order valence-electron chi connectivity index (χ3n) is 4.36. The largest absolute Gasteiger partial charge is 0.380 e. The number of hydrogen-bond acceptors (Lipinski definition) is 6. The van der Waals surface area contributed by atoms with Crippen LogP contribution in [0.15, 0.2) is 17.5 Å². The van der Waals surface area contributed by atoms with E-state index in [1.165, 1.54) is 11.3 Å². The number of hydrogen-bond donors (Lipinski definition) is 3. The van der Waals surface area contributed by atoms with Crippen LogP contribution in [0.5, 0.6) is 0 Å². The summed E-state index contributed by atoms with van der Waals surface area (Å²) in [5.41, 5.74) is 7.25. The zero-order chi connectivity index (χ0) is 16.7. The van der Waals surface area contributed by atoms with E-state index in [0.29, 0.717) is 36.5 Å². The minimum atomic E-state index is -0.484. The second-order valence-electron chi connectivity index (χ2n) is 5.91. The first kappa shape index (κ1) is 15.5. The average molecular weight is 348 g/mol. The highest BCUT2D eigenvalue weighted by Gasteiger charge is 2.32. The molecule has 2 unspecified atom stereocenters. The standard InChI is InChI=1S/C16H17FN4O2S/c17-13-8-6-19-16(22)12(8)14(11-2-1-5-24-11)21-15(13)20-10-3-4-23-7-9(10)18/h1-2,5,9-10H,3-4,6-7,18H2,(H,19,22)(H,20,21). The van der Waals surface area contributed by atoms with Crippen molar-refractivity contribution in [2.45, 2.75) is 25.0 Å². The fourth-order valence-corrected chi connectivity index (χ4v) is 3.80. The number of nitrogens with two attached hydrogens (primary N) is 1. The van der Waals surface area contributed by atoms with Gasteiger partial charge in [-0.25, -0.2) is 9.37 Å². The Balaban J connectivity index is 1.78. The maximum Gasteiger partial charge on any atom is 0.254 e. The Morgan fingerprint density at radius 1 is 1.50 bits per heavy atom. The number of nitrogens with one attached hydrogen (secondary N) is 2. The Hall–Kier alpha value is -2.03. The first-order valence-corrected chi connectivity index (χ1v) is 8.67. The number of halogens is 1. The molecule has 4 rings (SSSR count). The molecule has 1 amide bonds. The van der Waals surface area contributed by atoms with Gasteiger partial charge in [0.2, 0.25) is 0 Å². The van der Waals surface area contributed by atoms with E-state index in [0.717, 1.165) is 4.88 Å². The number of thiophene rings is 1. The smallest absolute Gasteiger partial charge is 0.254 e. The minimum Gasteiger partial charge on any atom is -0.380 e. The number of anilines is 1. The van der Waals surface area contributed by atoms with Gasteiger partial charge in [-0.1, -0.05) is 6.07 Å². The molecule has 126 valence electrons. The molecule has 0 radical (unpaired) electrons. The van der Waals surface area contributed by atoms with Gasteiger partial charge in [-0.15, -0.1) is 11.3 Å². The summed E-state index contributed by atoms with van der Waals surface area (Å²) in [6.07, 6.45) is 0.685. The number of ether oxygens (including phenoxy) is 1. The van der Waals surface area contributed by atoms with Crippen molar-refractivity contribution in [1.82, 2.24) is 10.3 Å². The Labute approximate surface area is 142 Å². The lowest BCUT2D eigenvalue weighted by molar-refractivity contribution is 0.0751. The Kier molecular flexibility index (Phi) is 3.95. The van der Waals surface area contributed by atoms with Crippen molar-refractivity contribution in [2.24, 2.45) is 5.73 Å². The highest BCUT2D eigenvalue weighted by Crippen LogP contribution is 2.35.